The summed E-state index contributed by atoms with van der Waals surface area (Å²) in [7, 11) is 0. The van der Waals surface area contributed by atoms with E-state index in [0.717, 1.165) is 23.4 Å². The number of rotatable bonds is 2. The number of halogens is 3. The molecule has 1 aromatic heterocycles. The highest BCUT2D eigenvalue weighted by Gasteiger charge is 2.31. The van der Waals surface area contributed by atoms with Gasteiger partial charge in [-0.25, -0.2) is 14.4 Å². The molecular weight excluding hydrogens is 286 g/mol. The lowest BCUT2D eigenvalue weighted by molar-refractivity contribution is -0.415. The first-order chi connectivity index (χ1) is 8.50. The van der Waals surface area contributed by atoms with Crippen molar-refractivity contribution in [2.24, 2.45) is 4.99 Å². The summed E-state index contributed by atoms with van der Waals surface area (Å²) in [5.74, 6) is -0.377. The molecule has 0 radical (unpaired) electrons. The van der Waals surface area contributed by atoms with E-state index in [2.05, 4.69) is 9.98 Å². The third-order valence-corrected chi connectivity index (χ3v) is 2.79. The maximum absolute atomic E-state index is 12.8. The Bertz CT molecular complexity index is 546. The number of allylic oxidation sites excluding steroid dienone is 1. The van der Waals surface area contributed by atoms with Crippen LogP contribution in [0, 0.1) is 15.9 Å². The summed E-state index contributed by atoms with van der Waals surface area (Å²) in [5, 5.41) is 10.5. The van der Waals surface area contributed by atoms with Crippen LogP contribution < -0.4 is 4.90 Å². The van der Waals surface area contributed by atoms with E-state index < -0.39 is 22.1 Å². The molecular formula is C9H5Cl2FN4O2. The van der Waals surface area contributed by atoms with E-state index in [-0.39, 0.29) is 11.0 Å². The van der Waals surface area contributed by atoms with Gasteiger partial charge in [-0.05, 0) is 12.1 Å². The van der Waals surface area contributed by atoms with E-state index in [4.69, 9.17) is 23.2 Å². The third-order valence-electron chi connectivity index (χ3n) is 2.11. The Labute approximate surface area is 110 Å². The number of aliphatic imine (C=N–C) groups is 1. The van der Waals surface area contributed by atoms with Gasteiger partial charge in [-0.15, -0.1) is 0 Å². The molecule has 1 aromatic rings. The van der Waals surface area contributed by atoms with Crippen LogP contribution in [-0.4, -0.2) is 21.7 Å². The van der Waals surface area contributed by atoms with Crippen molar-refractivity contribution in [2.45, 2.75) is 5.62 Å². The highest BCUT2D eigenvalue weighted by Crippen LogP contribution is 2.29. The van der Waals surface area contributed by atoms with Crippen molar-refractivity contribution >= 4 is 35.2 Å². The molecule has 0 amide bonds. The summed E-state index contributed by atoms with van der Waals surface area (Å²) in [6, 6.07) is 2.44. The number of anilines is 1. The molecule has 2 rings (SSSR count). The topological polar surface area (TPSA) is 71.6 Å². The van der Waals surface area contributed by atoms with Crippen LogP contribution in [0.1, 0.15) is 0 Å². The van der Waals surface area contributed by atoms with Gasteiger partial charge < -0.3 is 0 Å². The standard InChI is InChI=1S/C9H5Cl2FN4O2/c10-8-6(16(17)18)4-14-9(11)15(8)7-2-1-5(12)3-13-7/h1-4,9H. The highest BCUT2D eigenvalue weighted by atomic mass is 35.5. The van der Waals surface area contributed by atoms with Gasteiger partial charge in [-0.2, -0.15) is 0 Å². The smallest absolute Gasteiger partial charge is 0.274 e. The maximum Gasteiger partial charge on any atom is 0.322 e. The van der Waals surface area contributed by atoms with Gasteiger partial charge in [0.15, 0.2) is 5.16 Å². The van der Waals surface area contributed by atoms with E-state index in [1.165, 1.54) is 6.07 Å². The molecule has 0 saturated heterocycles. The molecule has 0 aromatic carbocycles. The molecule has 18 heavy (non-hydrogen) atoms. The first-order valence-corrected chi connectivity index (χ1v) is 5.44. The number of pyridine rings is 1. The average molecular weight is 291 g/mol. The number of hydrogen-bond acceptors (Lipinski definition) is 5. The van der Waals surface area contributed by atoms with Crippen LogP contribution >= 0.6 is 23.2 Å². The van der Waals surface area contributed by atoms with Gasteiger partial charge in [0.1, 0.15) is 17.8 Å². The van der Waals surface area contributed by atoms with Crippen molar-refractivity contribution in [3.63, 3.8) is 0 Å². The lowest BCUT2D eigenvalue weighted by Gasteiger charge is -2.26. The second-order valence-electron chi connectivity index (χ2n) is 3.23. The van der Waals surface area contributed by atoms with Crippen molar-refractivity contribution in [1.82, 2.24) is 4.98 Å². The van der Waals surface area contributed by atoms with Gasteiger partial charge in [0.05, 0.1) is 11.1 Å². The Morgan fingerprint density at radius 3 is 2.78 bits per heavy atom. The Morgan fingerprint density at radius 1 is 1.50 bits per heavy atom. The molecule has 1 aliphatic heterocycles. The van der Waals surface area contributed by atoms with Gasteiger partial charge in [-0.3, -0.25) is 15.0 Å². The van der Waals surface area contributed by atoms with E-state index in [0.29, 0.717) is 0 Å². The zero-order valence-corrected chi connectivity index (χ0v) is 10.1. The van der Waals surface area contributed by atoms with Crippen molar-refractivity contribution in [3.8, 4) is 0 Å². The summed E-state index contributed by atoms with van der Waals surface area (Å²) in [4.78, 5) is 18.6. The van der Waals surface area contributed by atoms with Crippen LogP contribution in [0.15, 0.2) is 34.2 Å². The second-order valence-corrected chi connectivity index (χ2v) is 3.97. The van der Waals surface area contributed by atoms with E-state index in [9.17, 15) is 14.5 Å². The largest absolute Gasteiger partial charge is 0.322 e. The minimum atomic E-state index is -0.973. The van der Waals surface area contributed by atoms with Crippen LogP contribution in [0.3, 0.4) is 0 Å². The van der Waals surface area contributed by atoms with Gasteiger partial charge in [-0.1, -0.05) is 23.2 Å². The van der Waals surface area contributed by atoms with Crippen molar-refractivity contribution in [2.75, 3.05) is 4.90 Å². The Kier molecular flexibility index (Phi) is 3.44. The zero-order chi connectivity index (χ0) is 13.3. The van der Waals surface area contributed by atoms with Crippen molar-refractivity contribution in [1.29, 1.82) is 0 Å². The minimum absolute atomic E-state index is 0.164. The lowest BCUT2D eigenvalue weighted by atomic mass is 10.4. The van der Waals surface area contributed by atoms with Gasteiger partial charge in [0.25, 0.3) is 0 Å². The fraction of sp³-hybridized carbons (Fsp3) is 0.111. The fourth-order valence-corrected chi connectivity index (χ4v) is 1.91. The lowest BCUT2D eigenvalue weighted by Crippen LogP contribution is -2.33. The first-order valence-electron chi connectivity index (χ1n) is 4.63. The summed E-state index contributed by atoms with van der Waals surface area (Å²) in [6.07, 6.45) is 1.92. The third kappa shape index (κ3) is 2.27. The molecule has 0 aliphatic carbocycles. The SMILES string of the molecule is O=[N+]([O-])C1=C(Cl)N(c2ccc(F)cn2)C(Cl)N=C1. The number of aromatic nitrogens is 1. The molecule has 94 valence electrons. The second kappa shape index (κ2) is 4.87. The molecule has 9 heteroatoms. The number of alkyl halides is 1. The van der Waals surface area contributed by atoms with Crippen LogP contribution in [-0.2, 0) is 0 Å². The molecule has 1 atom stereocenters. The number of nitro groups is 1. The van der Waals surface area contributed by atoms with Gasteiger partial charge in [0, 0.05) is 0 Å². The molecule has 1 aliphatic rings. The van der Waals surface area contributed by atoms with E-state index in [1.807, 2.05) is 0 Å². The number of hydrogen-bond donors (Lipinski definition) is 0. The summed E-state index contributed by atoms with van der Waals surface area (Å²) >= 11 is 11.7. The summed E-state index contributed by atoms with van der Waals surface area (Å²) in [6.45, 7) is 0. The van der Waals surface area contributed by atoms with Gasteiger partial charge >= 0.3 is 5.70 Å². The predicted octanol–water partition coefficient (Wildman–Crippen LogP) is 2.32. The Morgan fingerprint density at radius 2 is 2.22 bits per heavy atom. The van der Waals surface area contributed by atoms with Crippen LogP contribution in [0.2, 0.25) is 0 Å². The first kappa shape index (κ1) is 12.7. The van der Waals surface area contributed by atoms with Crippen molar-refractivity contribution in [3.05, 3.63) is 45.1 Å². The maximum atomic E-state index is 12.8. The van der Waals surface area contributed by atoms with Crippen LogP contribution in [0.5, 0.6) is 0 Å². The van der Waals surface area contributed by atoms with Crippen LogP contribution in [0.25, 0.3) is 0 Å². The Hall–Kier alpha value is -1.73. The minimum Gasteiger partial charge on any atom is -0.274 e. The number of nitrogens with zero attached hydrogens (tertiary/aromatic N) is 4. The normalized spacial score (nSPS) is 19.3. The highest BCUT2D eigenvalue weighted by molar-refractivity contribution is 6.34. The molecule has 2 heterocycles. The fourth-order valence-electron chi connectivity index (χ4n) is 1.31. The van der Waals surface area contributed by atoms with Crippen LogP contribution in [0.4, 0.5) is 10.2 Å². The summed E-state index contributed by atoms with van der Waals surface area (Å²) < 4.78 is 12.8. The molecule has 0 bridgehead atoms. The molecule has 0 fully saturated rings. The average Bonchev–Trinajstić information content (AvgIpc) is 2.31. The van der Waals surface area contributed by atoms with Crippen molar-refractivity contribution < 1.29 is 9.31 Å². The molecule has 0 N–H and O–H groups in total. The van der Waals surface area contributed by atoms with E-state index in [1.54, 1.807) is 0 Å². The molecule has 1 unspecified atom stereocenters. The Balaban J connectivity index is 2.45. The zero-order valence-electron chi connectivity index (χ0n) is 8.63. The van der Waals surface area contributed by atoms with E-state index >= 15 is 0 Å². The monoisotopic (exact) mass is 290 g/mol. The predicted molar refractivity (Wildman–Crippen MR) is 64.7 cm³/mol. The molecule has 0 saturated carbocycles. The van der Waals surface area contributed by atoms with Gasteiger partial charge in [0.2, 0.25) is 5.62 Å². The molecule has 0 spiro atoms. The summed E-state index contributed by atoms with van der Waals surface area (Å²) in [5.41, 5.74) is -1.38. The molecule has 6 nitrogen and oxygen atoms in total. The quantitative estimate of drug-likeness (QED) is 0.363.